The topological polar surface area (TPSA) is 35.5 Å². The van der Waals surface area contributed by atoms with Gasteiger partial charge in [-0.2, -0.15) is 70.2 Å². The molecule has 0 saturated carbocycles. The van der Waals surface area contributed by atoms with Gasteiger partial charge in [0.1, 0.15) is 0 Å². The highest BCUT2D eigenvalue weighted by atomic mass is 19.4. The third-order valence-electron chi connectivity index (χ3n) is 4.71. The lowest BCUT2D eigenvalue weighted by Gasteiger charge is -2.41. The maximum absolute atomic E-state index is 14.1. The average molecular weight is 578 g/mol. The van der Waals surface area contributed by atoms with Gasteiger partial charge in [0.05, 0.1) is 18.4 Å². The Morgan fingerprint density at radius 2 is 1.00 bits per heavy atom. The molecule has 0 spiro atoms. The Balaban J connectivity index is 6.29. The first-order valence-electron chi connectivity index (χ1n) is 8.98. The Kier molecular flexibility index (Phi) is 9.06. The van der Waals surface area contributed by atoms with Gasteiger partial charge >= 0.3 is 54.0 Å². The molecule has 0 aliphatic rings. The Bertz CT molecular complexity index is 784. The zero-order valence-electron chi connectivity index (χ0n) is 17.8. The first kappa shape index (κ1) is 34.2. The summed E-state index contributed by atoms with van der Waals surface area (Å²) in [5, 5.41) is 0. The molecule has 20 heteroatoms. The number of alkyl halides is 17. The third kappa shape index (κ3) is 5.71. The smallest absolute Gasteiger partial charge is 0.460 e. The van der Waals surface area contributed by atoms with Gasteiger partial charge in [0, 0.05) is 0 Å². The molecule has 0 N–H and O–H groups in total. The summed E-state index contributed by atoms with van der Waals surface area (Å²) in [7, 11) is 0. The van der Waals surface area contributed by atoms with Gasteiger partial charge in [0.15, 0.2) is 0 Å². The van der Waals surface area contributed by atoms with Crippen LogP contribution in [0.3, 0.4) is 0 Å². The fraction of sp³-hybridized carbons (Fsp3) is 0.938. The molecule has 1 unspecified atom stereocenters. The highest BCUT2D eigenvalue weighted by Gasteiger charge is 2.92. The van der Waals surface area contributed by atoms with Crippen LogP contribution in [0.2, 0.25) is 0 Å². The summed E-state index contributed by atoms with van der Waals surface area (Å²) in [5.41, 5.74) is -1.48. The van der Waals surface area contributed by atoms with Crippen LogP contribution < -0.4 is 0 Å². The van der Waals surface area contributed by atoms with Crippen LogP contribution >= 0.6 is 0 Å². The minimum absolute atomic E-state index is 0.0709. The van der Waals surface area contributed by atoms with E-state index in [-0.39, 0.29) is 6.42 Å². The lowest BCUT2D eigenvalue weighted by atomic mass is 9.91. The number of carbonyl (C=O) groups excluding carboxylic acids is 1. The maximum Gasteiger partial charge on any atom is 0.460 e. The van der Waals surface area contributed by atoms with Crippen molar-refractivity contribution in [2.24, 2.45) is 5.41 Å². The molecule has 0 aliphatic carbocycles. The van der Waals surface area contributed by atoms with Crippen molar-refractivity contribution in [1.82, 2.24) is 0 Å². The van der Waals surface area contributed by atoms with Crippen LogP contribution in [-0.2, 0) is 14.3 Å². The number of hydrogen-bond donors (Lipinski definition) is 0. The van der Waals surface area contributed by atoms with Crippen molar-refractivity contribution in [1.29, 1.82) is 0 Å². The monoisotopic (exact) mass is 578 g/mol. The van der Waals surface area contributed by atoms with Gasteiger partial charge in [-0.25, -0.2) is 4.39 Å². The third-order valence-corrected chi connectivity index (χ3v) is 4.71. The first-order chi connectivity index (χ1) is 15.4. The van der Waals surface area contributed by atoms with Crippen molar-refractivity contribution >= 4 is 5.97 Å². The molecule has 0 aliphatic heterocycles. The summed E-state index contributed by atoms with van der Waals surface area (Å²) in [5.74, 6) is -41.0. The number of rotatable bonds is 11. The van der Waals surface area contributed by atoms with Crippen molar-refractivity contribution in [3.63, 3.8) is 0 Å². The van der Waals surface area contributed by atoms with Crippen molar-refractivity contribution in [3.8, 4) is 0 Å². The SMILES string of the molecule is CCC(C)(C)C(=O)OCCC(F)(OC(F)(F)C(F)(F)C(F)(F)C(F)(F)C(F)(F)C(F)(F)F)C(F)(F)F. The van der Waals surface area contributed by atoms with Crippen LogP contribution in [-0.4, -0.2) is 60.6 Å². The van der Waals surface area contributed by atoms with Gasteiger partial charge in [-0.1, -0.05) is 6.92 Å². The molecule has 0 amide bonds. The van der Waals surface area contributed by atoms with Crippen molar-refractivity contribution in [2.45, 2.75) is 81.6 Å². The maximum atomic E-state index is 14.1. The molecular formula is C16H15F17O3. The summed E-state index contributed by atoms with van der Waals surface area (Å²) in [6.45, 7) is 1.65. The normalized spacial score (nSPS) is 17.1. The van der Waals surface area contributed by atoms with E-state index in [1.807, 2.05) is 4.74 Å². The van der Waals surface area contributed by atoms with Crippen LogP contribution in [0.5, 0.6) is 0 Å². The number of halogens is 17. The van der Waals surface area contributed by atoms with Crippen LogP contribution in [0.1, 0.15) is 33.6 Å². The quantitative estimate of drug-likeness (QED) is 0.191. The van der Waals surface area contributed by atoms with Gasteiger partial charge in [0.2, 0.25) is 0 Å². The van der Waals surface area contributed by atoms with Crippen molar-refractivity contribution in [2.75, 3.05) is 6.61 Å². The Labute approximate surface area is 189 Å². The Morgan fingerprint density at radius 1 is 0.611 bits per heavy atom. The summed E-state index contributed by atoms with van der Waals surface area (Å²) >= 11 is 0. The molecule has 3 nitrogen and oxygen atoms in total. The van der Waals surface area contributed by atoms with E-state index in [1.165, 1.54) is 6.92 Å². The molecule has 0 aromatic carbocycles. The van der Waals surface area contributed by atoms with Crippen LogP contribution in [0, 0.1) is 5.41 Å². The van der Waals surface area contributed by atoms with Gasteiger partial charge in [0.25, 0.3) is 0 Å². The van der Waals surface area contributed by atoms with Crippen LogP contribution in [0.25, 0.3) is 0 Å². The molecule has 0 rings (SSSR count). The molecule has 0 saturated heterocycles. The van der Waals surface area contributed by atoms with E-state index in [4.69, 9.17) is 0 Å². The zero-order chi connectivity index (χ0) is 29.6. The largest absolute Gasteiger partial charge is 0.465 e. The second kappa shape index (κ2) is 9.52. The second-order valence-corrected chi connectivity index (χ2v) is 7.76. The highest BCUT2D eigenvalue weighted by Crippen LogP contribution is 2.61. The van der Waals surface area contributed by atoms with E-state index in [1.54, 1.807) is 0 Å². The van der Waals surface area contributed by atoms with Crippen molar-refractivity contribution < 1.29 is 88.9 Å². The summed E-state index contributed by atoms with van der Waals surface area (Å²) in [6.07, 6.45) is -25.2. The Morgan fingerprint density at radius 3 is 1.33 bits per heavy atom. The van der Waals surface area contributed by atoms with E-state index in [0.29, 0.717) is 0 Å². The van der Waals surface area contributed by atoms with Gasteiger partial charge in [-0.15, -0.1) is 0 Å². The summed E-state index contributed by atoms with van der Waals surface area (Å²) in [4.78, 5) is 11.6. The molecular weight excluding hydrogens is 563 g/mol. The predicted molar refractivity (Wildman–Crippen MR) is 81.4 cm³/mol. The van der Waals surface area contributed by atoms with Crippen LogP contribution in [0.4, 0.5) is 74.6 Å². The number of hydrogen-bond acceptors (Lipinski definition) is 3. The fourth-order valence-corrected chi connectivity index (χ4v) is 1.89. The molecule has 0 aromatic rings. The molecule has 0 bridgehead atoms. The molecule has 36 heavy (non-hydrogen) atoms. The lowest BCUT2D eigenvalue weighted by molar-refractivity contribution is -0.499. The number of ether oxygens (including phenoxy) is 2. The van der Waals surface area contributed by atoms with Gasteiger partial charge in [-0.05, 0) is 20.3 Å². The van der Waals surface area contributed by atoms with Gasteiger partial charge < -0.3 is 4.74 Å². The molecule has 0 fully saturated rings. The first-order valence-corrected chi connectivity index (χ1v) is 8.98. The number of carbonyl (C=O) groups is 1. The fourth-order valence-electron chi connectivity index (χ4n) is 1.89. The molecule has 1 atom stereocenters. The summed E-state index contributed by atoms with van der Waals surface area (Å²) in [6, 6.07) is 0. The number of esters is 1. The minimum Gasteiger partial charge on any atom is -0.465 e. The standard InChI is InChI=1S/C16H15F17O3/c1-4-8(2,3)7(34)35-6-5-9(17,14(26,27)28)36-16(32,33)13(24,25)11(20,21)10(18,19)12(22,23)15(29,30)31/h4-6H2,1-3H3. The lowest BCUT2D eigenvalue weighted by Crippen LogP contribution is -2.71. The molecule has 0 aromatic heterocycles. The molecule has 0 heterocycles. The molecule has 0 radical (unpaired) electrons. The second-order valence-electron chi connectivity index (χ2n) is 7.76. The van der Waals surface area contributed by atoms with Crippen molar-refractivity contribution in [3.05, 3.63) is 0 Å². The van der Waals surface area contributed by atoms with E-state index >= 15 is 0 Å². The van der Waals surface area contributed by atoms with E-state index in [0.717, 1.165) is 13.8 Å². The minimum atomic E-state index is -8.49. The molecule has 216 valence electrons. The Hall–Kier alpha value is -1.76. The van der Waals surface area contributed by atoms with Gasteiger partial charge in [-0.3, -0.25) is 9.53 Å². The zero-order valence-corrected chi connectivity index (χ0v) is 17.8. The van der Waals surface area contributed by atoms with E-state index in [2.05, 4.69) is 4.74 Å². The predicted octanol–water partition coefficient (Wildman–Crippen LogP) is 7.30. The van der Waals surface area contributed by atoms with Crippen LogP contribution in [0.15, 0.2) is 0 Å². The van der Waals surface area contributed by atoms with E-state index < -0.39 is 72.4 Å². The highest BCUT2D eigenvalue weighted by molar-refractivity contribution is 5.75. The van der Waals surface area contributed by atoms with E-state index in [9.17, 15) is 79.4 Å². The summed E-state index contributed by atoms with van der Waals surface area (Å²) < 4.78 is 228. The average Bonchev–Trinajstić information content (AvgIpc) is 2.64.